The zero-order valence-corrected chi connectivity index (χ0v) is 13.0. The Labute approximate surface area is 136 Å². The predicted molar refractivity (Wildman–Crippen MR) is 88.6 cm³/mol. The van der Waals surface area contributed by atoms with Gasteiger partial charge in [0.1, 0.15) is 5.82 Å². The van der Waals surface area contributed by atoms with Gasteiger partial charge in [0, 0.05) is 24.7 Å². The first-order valence-corrected chi connectivity index (χ1v) is 8.03. The van der Waals surface area contributed by atoms with E-state index in [-0.39, 0.29) is 17.8 Å². The molecule has 1 saturated heterocycles. The summed E-state index contributed by atoms with van der Waals surface area (Å²) >= 11 is 0. The molecule has 1 heterocycles. The molecule has 0 radical (unpaired) electrons. The molecule has 2 aromatic carbocycles. The first-order chi connectivity index (χ1) is 11.2. The van der Waals surface area contributed by atoms with Crippen molar-refractivity contribution in [1.82, 2.24) is 10.2 Å². The number of nitrogens with one attached hydrogen (secondary N) is 1. The van der Waals surface area contributed by atoms with Crippen LogP contribution >= 0.6 is 0 Å². The van der Waals surface area contributed by atoms with E-state index in [1.54, 1.807) is 12.1 Å². The summed E-state index contributed by atoms with van der Waals surface area (Å²) in [4.78, 5) is 14.6. The highest BCUT2D eigenvalue weighted by molar-refractivity contribution is 5.94. The lowest BCUT2D eigenvalue weighted by molar-refractivity contribution is 0.0900. The first-order valence-electron chi connectivity index (χ1n) is 8.03. The third-order valence-electron chi connectivity index (χ3n) is 4.18. The van der Waals surface area contributed by atoms with Gasteiger partial charge >= 0.3 is 0 Å². The highest BCUT2D eigenvalue weighted by Crippen LogP contribution is 2.14. The molecule has 1 aliphatic heterocycles. The molecule has 0 aliphatic carbocycles. The summed E-state index contributed by atoms with van der Waals surface area (Å²) in [7, 11) is 0. The zero-order valence-electron chi connectivity index (χ0n) is 13.0. The monoisotopic (exact) mass is 312 g/mol. The van der Waals surface area contributed by atoms with Crippen molar-refractivity contribution in [2.75, 3.05) is 13.1 Å². The van der Waals surface area contributed by atoms with Crippen molar-refractivity contribution in [3.05, 3.63) is 71.5 Å². The van der Waals surface area contributed by atoms with Gasteiger partial charge in [-0.2, -0.15) is 0 Å². The normalized spacial score (nSPS) is 18.6. The maximum Gasteiger partial charge on any atom is 0.251 e. The number of hydrogen-bond acceptors (Lipinski definition) is 2. The Balaban J connectivity index is 1.57. The fraction of sp³-hybridized carbons (Fsp3) is 0.316. The van der Waals surface area contributed by atoms with Crippen LogP contribution in [-0.2, 0) is 6.54 Å². The molecule has 3 rings (SSSR count). The number of hydrogen-bond donors (Lipinski definition) is 1. The minimum atomic E-state index is -0.382. The second-order valence-corrected chi connectivity index (χ2v) is 6.04. The topological polar surface area (TPSA) is 32.3 Å². The van der Waals surface area contributed by atoms with Gasteiger partial charge in [-0.1, -0.05) is 36.4 Å². The van der Waals surface area contributed by atoms with Crippen molar-refractivity contribution in [3.63, 3.8) is 0 Å². The summed E-state index contributed by atoms with van der Waals surface area (Å²) in [6.45, 7) is 2.77. The molecule has 0 aromatic heterocycles. The van der Waals surface area contributed by atoms with Crippen molar-refractivity contribution in [1.29, 1.82) is 0 Å². The summed E-state index contributed by atoms with van der Waals surface area (Å²) < 4.78 is 13.2. The van der Waals surface area contributed by atoms with Gasteiger partial charge in [-0.25, -0.2) is 4.39 Å². The molecule has 1 fully saturated rings. The van der Waals surface area contributed by atoms with Crippen LogP contribution in [0.25, 0.3) is 0 Å². The molecule has 0 spiro atoms. The van der Waals surface area contributed by atoms with E-state index in [0.717, 1.165) is 32.5 Å². The standard InChI is InChI=1S/C19H21FN2O/c20-17-9-4-8-16(12-17)19(23)21-18-10-5-11-22(14-18)13-15-6-2-1-3-7-15/h1-4,6-9,12,18H,5,10-11,13-14H2,(H,21,23)/t18-/m1/s1. The number of benzene rings is 2. The highest BCUT2D eigenvalue weighted by Gasteiger charge is 2.22. The number of rotatable bonds is 4. The summed E-state index contributed by atoms with van der Waals surface area (Å²) in [5.74, 6) is -0.581. The minimum Gasteiger partial charge on any atom is -0.348 e. The fourth-order valence-corrected chi connectivity index (χ4v) is 3.06. The van der Waals surface area contributed by atoms with Crippen molar-refractivity contribution >= 4 is 5.91 Å². The van der Waals surface area contributed by atoms with Crippen LogP contribution in [0.5, 0.6) is 0 Å². The molecule has 0 saturated carbocycles. The highest BCUT2D eigenvalue weighted by atomic mass is 19.1. The van der Waals surface area contributed by atoms with Crippen LogP contribution in [0.3, 0.4) is 0 Å². The van der Waals surface area contributed by atoms with Crippen LogP contribution in [0.2, 0.25) is 0 Å². The second-order valence-electron chi connectivity index (χ2n) is 6.04. The minimum absolute atomic E-state index is 0.114. The number of amides is 1. The SMILES string of the molecule is O=C(N[C@@H]1CCCN(Cc2ccccc2)C1)c1cccc(F)c1. The average Bonchev–Trinajstić information content (AvgIpc) is 2.56. The third kappa shape index (κ3) is 4.39. The molecule has 1 N–H and O–H groups in total. The number of nitrogens with zero attached hydrogens (tertiary/aromatic N) is 1. The largest absolute Gasteiger partial charge is 0.348 e. The third-order valence-corrected chi connectivity index (χ3v) is 4.18. The van der Waals surface area contributed by atoms with Gasteiger partial charge in [0.15, 0.2) is 0 Å². The van der Waals surface area contributed by atoms with Gasteiger partial charge in [-0.3, -0.25) is 9.69 Å². The van der Waals surface area contributed by atoms with Crippen LogP contribution in [-0.4, -0.2) is 29.9 Å². The molecule has 4 heteroatoms. The van der Waals surface area contributed by atoms with Gasteiger partial charge in [0.2, 0.25) is 0 Å². The van der Waals surface area contributed by atoms with Crippen LogP contribution < -0.4 is 5.32 Å². The van der Waals surface area contributed by atoms with Gasteiger partial charge < -0.3 is 5.32 Å². The zero-order chi connectivity index (χ0) is 16.1. The molecule has 23 heavy (non-hydrogen) atoms. The first kappa shape index (κ1) is 15.7. The molecule has 120 valence electrons. The Hall–Kier alpha value is -2.20. The fourth-order valence-electron chi connectivity index (χ4n) is 3.06. The van der Waals surface area contributed by atoms with Gasteiger partial charge in [-0.15, -0.1) is 0 Å². The van der Waals surface area contributed by atoms with Crippen molar-refractivity contribution in [3.8, 4) is 0 Å². The molecule has 0 unspecified atom stereocenters. The Morgan fingerprint density at radius 2 is 2.00 bits per heavy atom. The number of halogens is 1. The Bertz CT molecular complexity index is 659. The average molecular weight is 312 g/mol. The number of carbonyl (C=O) groups is 1. The molecule has 1 atom stereocenters. The molecular formula is C19H21FN2O. The van der Waals surface area contributed by atoms with E-state index in [4.69, 9.17) is 0 Å². The maximum absolute atomic E-state index is 13.2. The van der Waals surface area contributed by atoms with Crippen molar-refractivity contribution in [2.24, 2.45) is 0 Å². The van der Waals surface area contributed by atoms with E-state index in [9.17, 15) is 9.18 Å². The van der Waals surface area contributed by atoms with E-state index >= 15 is 0 Å². The lowest BCUT2D eigenvalue weighted by Gasteiger charge is -2.33. The van der Waals surface area contributed by atoms with Gasteiger partial charge in [0.05, 0.1) is 0 Å². The van der Waals surface area contributed by atoms with Gasteiger partial charge in [0.25, 0.3) is 5.91 Å². The van der Waals surface area contributed by atoms with Crippen molar-refractivity contribution < 1.29 is 9.18 Å². The lowest BCUT2D eigenvalue weighted by atomic mass is 10.0. The van der Waals surface area contributed by atoms with Gasteiger partial charge in [-0.05, 0) is 43.1 Å². The van der Waals surface area contributed by atoms with Crippen LogP contribution in [0, 0.1) is 5.82 Å². The smallest absolute Gasteiger partial charge is 0.251 e. The molecule has 2 aromatic rings. The van der Waals surface area contributed by atoms with E-state index < -0.39 is 0 Å². The summed E-state index contributed by atoms with van der Waals surface area (Å²) in [6, 6.07) is 16.3. The molecule has 0 bridgehead atoms. The Kier molecular flexibility index (Phi) is 5.03. The second kappa shape index (κ2) is 7.38. The molecule has 3 nitrogen and oxygen atoms in total. The number of piperidine rings is 1. The van der Waals surface area contributed by atoms with Crippen LogP contribution in [0.4, 0.5) is 4.39 Å². The quantitative estimate of drug-likeness (QED) is 0.940. The van der Waals surface area contributed by atoms with Crippen molar-refractivity contribution in [2.45, 2.75) is 25.4 Å². The van der Waals surface area contributed by atoms with E-state index in [2.05, 4.69) is 22.3 Å². The van der Waals surface area contributed by atoms with Crippen LogP contribution in [0.1, 0.15) is 28.8 Å². The summed E-state index contributed by atoms with van der Waals surface area (Å²) in [6.07, 6.45) is 2.02. The van der Waals surface area contributed by atoms with Crippen LogP contribution in [0.15, 0.2) is 54.6 Å². The Morgan fingerprint density at radius 3 is 2.78 bits per heavy atom. The number of likely N-dealkylation sites (tertiary alicyclic amines) is 1. The number of carbonyl (C=O) groups excluding carboxylic acids is 1. The molecule has 1 amide bonds. The van der Waals surface area contributed by atoms with E-state index in [1.165, 1.54) is 17.7 Å². The summed E-state index contributed by atoms with van der Waals surface area (Å²) in [5.41, 5.74) is 1.66. The lowest BCUT2D eigenvalue weighted by Crippen LogP contribution is -2.47. The molecule has 1 aliphatic rings. The van der Waals surface area contributed by atoms with E-state index in [0.29, 0.717) is 5.56 Å². The van der Waals surface area contributed by atoms with E-state index in [1.807, 2.05) is 18.2 Å². The summed E-state index contributed by atoms with van der Waals surface area (Å²) in [5, 5.41) is 3.03. The Morgan fingerprint density at radius 1 is 1.17 bits per heavy atom. The predicted octanol–water partition coefficient (Wildman–Crippen LogP) is 3.22. The maximum atomic E-state index is 13.2. The molecular weight excluding hydrogens is 291 g/mol.